The van der Waals surface area contributed by atoms with Crippen molar-refractivity contribution in [2.45, 2.75) is 54.6 Å². The molecule has 0 unspecified atom stereocenters. The van der Waals surface area contributed by atoms with E-state index in [9.17, 15) is 4.79 Å². The van der Waals surface area contributed by atoms with Crippen LogP contribution < -0.4 is 0 Å². The van der Waals surface area contributed by atoms with Crippen molar-refractivity contribution < 1.29 is 28.5 Å². The number of carbonyl (C=O) groups is 1. The fourth-order valence-corrected chi connectivity index (χ4v) is 6.05. The van der Waals surface area contributed by atoms with Crippen LogP contribution in [0.15, 0.2) is 126 Å². The molecule has 1 fully saturated rings. The monoisotopic (exact) mass is 618 g/mol. The minimum absolute atomic E-state index is 0.0343. The number of benzene rings is 4. The summed E-state index contributed by atoms with van der Waals surface area (Å²) in [5, 5.41) is 0. The quantitative estimate of drug-likeness (QED) is 0.111. The van der Waals surface area contributed by atoms with E-state index in [0.717, 1.165) is 21.6 Å². The minimum Gasteiger partial charge on any atom is -0.462 e. The Bertz CT molecular complexity index is 1360. The molecule has 8 heteroatoms. The molecule has 0 bridgehead atoms. The molecule has 5 rings (SSSR count). The summed E-state index contributed by atoms with van der Waals surface area (Å²) < 4.78 is 32.1. The lowest BCUT2D eigenvalue weighted by atomic mass is 9.99. The molecule has 0 amide bonds. The first-order chi connectivity index (χ1) is 21.2. The van der Waals surface area contributed by atoms with E-state index in [1.54, 1.807) is 11.8 Å². The van der Waals surface area contributed by atoms with Crippen LogP contribution in [0.4, 0.5) is 0 Å². The molecule has 4 aromatic carbocycles. The molecule has 5 atom stereocenters. The smallest absolute Gasteiger partial charge is 0.320 e. The van der Waals surface area contributed by atoms with Gasteiger partial charge >= 0.3 is 5.97 Å². The van der Waals surface area contributed by atoms with Crippen LogP contribution >= 0.6 is 23.4 Å². The Kier molecular flexibility index (Phi) is 12.1. The largest absolute Gasteiger partial charge is 0.462 e. The SMILES string of the molecule is O=C(CCl)OC[C@H]1O[C@H](Sc2ccccc2)[C@@H](OCc2ccccc2)[C@@H](OCc2ccccc2)[C@@H]1OCc1ccccc1. The van der Waals surface area contributed by atoms with E-state index in [0.29, 0.717) is 19.8 Å². The van der Waals surface area contributed by atoms with Gasteiger partial charge in [-0.2, -0.15) is 0 Å². The molecule has 0 N–H and O–H groups in total. The molecule has 1 saturated heterocycles. The van der Waals surface area contributed by atoms with Gasteiger partial charge in [-0.3, -0.25) is 4.79 Å². The van der Waals surface area contributed by atoms with Crippen LogP contribution in [-0.2, 0) is 48.3 Å². The lowest BCUT2D eigenvalue weighted by molar-refractivity contribution is -0.253. The molecule has 0 aliphatic carbocycles. The molecule has 0 saturated carbocycles. The van der Waals surface area contributed by atoms with Crippen molar-refractivity contribution in [2.75, 3.05) is 12.5 Å². The van der Waals surface area contributed by atoms with Gasteiger partial charge in [0.25, 0.3) is 0 Å². The van der Waals surface area contributed by atoms with Gasteiger partial charge in [0.1, 0.15) is 42.3 Å². The van der Waals surface area contributed by atoms with Gasteiger partial charge in [-0.05, 0) is 28.8 Å². The molecule has 0 spiro atoms. The van der Waals surface area contributed by atoms with Crippen molar-refractivity contribution in [1.82, 2.24) is 0 Å². The highest BCUT2D eigenvalue weighted by Gasteiger charge is 2.49. The lowest BCUT2D eigenvalue weighted by Gasteiger charge is -2.45. The third kappa shape index (κ3) is 9.41. The maximum absolute atomic E-state index is 12.1. The first-order valence-corrected chi connectivity index (χ1v) is 15.7. The maximum Gasteiger partial charge on any atom is 0.320 e. The van der Waals surface area contributed by atoms with E-state index in [4.69, 9.17) is 35.3 Å². The molecule has 1 aliphatic rings. The standard InChI is InChI=1S/C35H35ClO6S/c36-21-31(37)38-25-30-32(39-22-26-13-5-1-6-14-26)33(40-23-27-15-7-2-8-16-27)34(41-24-28-17-9-3-10-18-28)35(42-30)43-29-19-11-4-12-20-29/h1-20,30,32-35H,21-25H2/t30-,32-,33+,34+,35-/m1/s1. The highest BCUT2D eigenvalue weighted by molar-refractivity contribution is 7.99. The molecule has 4 aromatic rings. The zero-order valence-electron chi connectivity index (χ0n) is 23.7. The molecule has 1 heterocycles. The van der Waals surface area contributed by atoms with Gasteiger partial charge in [0.05, 0.1) is 19.8 Å². The predicted octanol–water partition coefficient (Wildman–Crippen LogP) is 7.04. The van der Waals surface area contributed by atoms with E-state index < -0.39 is 35.8 Å². The second kappa shape index (κ2) is 16.6. The van der Waals surface area contributed by atoms with Gasteiger partial charge in [0, 0.05) is 4.90 Å². The van der Waals surface area contributed by atoms with E-state index in [1.165, 1.54) is 0 Å². The molecule has 43 heavy (non-hydrogen) atoms. The summed E-state index contributed by atoms with van der Waals surface area (Å²) >= 11 is 7.30. The lowest BCUT2D eigenvalue weighted by Crippen LogP contribution is -2.60. The van der Waals surface area contributed by atoms with E-state index in [-0.39, 0.29) is 12.5 Å². The maximum atomic E-state index is 12.1. The summed E-state index contributed by atoms with van der Waals surface area (Å²) in [6, 6.07) is 39.9. The van der Waals surface area contributed by atoms with Gasteiger partial charge in [0.2, 0.25) is 0 Å². The highest BCUT2D eigenvalue weighted by atomic mass is 35.5. The van der Waals surface area contributed by atoms with Crippen LogP contribution in [0.3, 0.4) is 0 Å². The fraction of sp³-hybridized carbons (Fsp3) is 0.286. The normalized spacial score (nSPS) is 21.7. The van der Waals surface area contributed by atoms with E-state index in [1.807, 2.05) is 121 Å². The number of alkyl halides is 1. The van der Waals surface area contributed by atoms with Crippen molar-refractivity contribution in [1.29, 1.82) is 0 Å². The molecule has 0 aromatic heterocycles. The van der Waals surface area contributed by atoms with E-state index >= 15 is 0 Å². The van der Waals surface area contributed by atoms with Crippen LogP contribution in [0.5, 0.6) is 0 Å². The summed E-state index contributed by atoms with van der Waals surface area (Å²) in [4.78, 5) is 13.1. The Balaban J connectivity index is 1.48. The molecular formula is C35H35ClO6S. The number of carbonyl (C=O) groups excluding carboxylic acids is 1. The van der Waals surface area contributed by atoms with Crippen LogP contribution in [0.25, 0.3) is 0 Å². The van der Waals surface area contributed by atoms with Gasteiger partial charge in [0.15, 0.2) is 0 Å². The summed E-state index contributed by atoms with van der Waals surface area (Å²) in [5.41, 5.74) is 2.58. The first kappa shape index (κ1) is 31.3. The third-order valence-corrected chi connectivity index (χ3v) is 8.33. The topological polar surface area (TPSA) is 63.2 Å². The number of thioether (sulfide) groups is 1. The van der Waals surface area contributed by atoms with Gasteiger partial charge in [-0.1, -0.05) is 121 Å². The molecular weight excluding hydrogens is 584 g/mol. The van der Waals surface area contributed by atoms with Gasteiger partial charge in [-0.15, -0.1) is 11.6 Å². The van der Waals surface area contributed by atoms with Crippen molar-refractivity contribution in [3.8, 4) is 0 Å². The summed E-state index contributed by atoms with van der Waals surface area (Å²) in [5.74, 6) is -0.773. The Hall–Kier alpha value is -3.17. The zero-order chi connectivity index (χ0) is 29.7. The second-order valence-corrected chi connectivity index (χ2v) is 11.5. The average molecular weight is 619 g/mol. The van der Waals surface area contributed by atoms with Crippen molar-refractivity contribution >= 4 is 29.3 Å². The van der Waals surface area contributed by atoms with Crippen molar-refractivity contribution in [2.24, 2.45) is 0 Å². The number of rotatable bonds is 14. The summed E-state index contributed by atoms with van der Waals surface area (Å²) in [7, 11) is 0. The number of halogens is 1. The van der Waals surface area contributed by atoms with Crippen LogP contribution in [-0.4, -0.2) is 48.3 Å². The average Bonchev–Trinajstić information content (AvgIpc) is 3.07. The number of hydrogen-bond acceptors (Lipinski definition) is 7. The van der Waals surface area contributed by atoms with Crippen molar-refractivity contribution in [3.63, 3.8) is 0 Å². The number of hydrogen-bond donors (Lipinski definition) is 0. The number of ether oxygens (including phenoxy) is 5. The Morgan fingerprint density at radius 1 is 0.628 bits per heavy atom. The fourth-order valence-electron chi connectivity index (χ4n) is 4.82. The second-order valence-electron chi connectivity index (χ2n) is 10.1. The molecule has 224 valence electrons. The summed E-state index contributed by atoms with van der Waals surface area (Å²) in [6.45, 7) is 0.997. The Labute approximate surface area is 262 Å². The van der Waals surface area contributed by atoms with Crippen LogP contribution in [0, 0.1) is 0 Å². The van der Waals surface area contributed by atoms with Crippen molar-refractivity contribution in [3.05, 3.63) is 138 Å². The van der Waals surface area contributed by atoms with E-state index in [2.05, 4.69) is 0 Å². The third-order valence-electron chi connectivity index (χ3n) is 6.96. The van der Waals surface area contributed by atoms with Crippen LogP contribution in [0.2, 0.25) is 0 Å². The highest BCUT2D eigenvalue weighted by Crippen LogP contribution is 2.38. The Morgan fingerprint density at radius 3 is 1.56 bits per heavy atom. The first-order valence-electron chi connectivity index (χ1n) is 14.2. The van der Waals surface area contributed by atoms with Crippen LogP contribution in [0.1, 0.15) is 16.7 Å². The molecule has 1 aliphatic heterocycles. The van der Waals surface area contributed by atoms with Gasteiger partial charge in [-0.25, -0.2) is 0 Å². The zero-order valence-corrected chi connectivity index (χ0v) is 25.3. The molecule has 6 nitrogen and oxygen atoms in total. The number of esters is 1. The minimum atomic E-state index is -0.630. The Morgan fingerprint density at radius 2 is 1.07 bits per heavy atom. The van der Waals surface area contributed by atoms with Gasteiger partial charge < -0.3 is 23.7 Å². The predicted molar refractivity (Wildman–Crippen MR) is 168 cm³/mol. The summed E-state index contributed by atoms with van der Waals surface area (Å²) in [6.07, 6.45) is -2.31. The molecule has 0 radical (unpaired) electrons.